The van der Waals surface area contributed by atoms with Crippen LogP contribution in [0.2, 0.25) is 0 Å². The molecule has 8 heteroatoms. The molecule has 4 rings (SSSR count). The number of nitriles is 1. The van der Waals surface area contributed by atoms with Crippen molar-refractivity contribution in [2.24, 2.45) is 0 Å². The average molecular weight is 413 g/mol. The number of likely N-dealkylation sites (tertiary alicyclic amines) is 1. The van der Waals surface area contributed by atoms with Crippen LogP contribution in [-0.4, -0.2) is 50.3 Å². The van der Waals surface area contributed by atoms with Gasteiger partial charge in [-0.25, -0.2) is 13.4 Å². The zero-order chi connectivity index (χ0) is 20.4. The highest BCUT2D eigenvalue weighted by Gasteiger charge is 2.23. The topological polar surface area (TPSA) is 86.5 Å². The van der Waals surface area contributed by atoms with E-state index >= 15 is 0 Å². The normalized spacial score (nSPS) is 17.2. The van der Waals surface area contributed by atoms with E-state index in [1.165, 1.54) is 6.26 Å². The molecule has 0 unspecified atom stereocenters. The molecule has 0 amide bonds. The lowest BCUT2D eigenvalue weighted by Crippen LogP contribution is -2.33. The summed E-state index contributed by atoms with van der Waals surface area (Å²) in [4.78, 5) is 8.84. The minimum absolute atomic E-state index is 0.189. The van der Waals surface area contributed by atoms with Crippen molar-refractivity contribution in [3.8, 4) is 6.19 Å². The van der Waals surface area contributed by atoms with Gasteiger partial charge in [0.25, 0.3) is 0 Å². The molecule has 1 aromatic carbocycles. The number of hydrogen-bond acceptors (Lipinski definition) is 7. The van der Waals surface area contributed by atoms with Crippen LogP contribution >= 0.6 is 0 Å². The van der Waals surface area contributed by atoms with Crippen LogP contribution in [-0.2, 0) is 27.6 Å². The van der Waals surface area contributed by atoms with Gasteiger partial charge in [-0.3, -0.25) is 0 Å². The van der Waals surface area contributed by atoms with Crippen LogP contribution in [0.25, 0.3) is 0 Å². The Morgan fingerprint density at radius 1 is 1.21 bits per heavy atom. The molecule has 0 aliphatic carbocycles. The van der Waals surface area contributed by atoms with E-state index < -0.39 is 9.84 Å². The van der Waals surface area contributed by atoms with E-state index in [4.69, 9.17) is 10.00 Å². The monoisotopic (exact) mass is 412 g/mol. The molecular formula is C21H24N4O3S. The molecular weight excluding hydrogens is 388 g/mol. The summed E-state index contributed by atoms with van der Waals surface area (Å²) in [5, 5.41) is 8.91. The molecule has 2 aliphatic heterocycles. The van der Waals surface area contributed by atoms with Crippen LogP contribution < -0.4 is 4.90 Å². The fourth-order valence-electron chi connectivity index (χ4n) is 3.85. The number of anilines is 2. The maximum Gasteiger partial charge on any atom is 0.179 e. The summed E-state index contributed by atoms with van der Waals surface area (Å²) in [6, 6.07) is 9.30. The lowest BCUT2D eigenvalue weighted by molar-refractivity contribution is 0.00650. The Morgan fingerprint density at radius 3 is 2.66 bits per heavy atom. The minimum atomic E-state index is -3.20. The number of sulfone groups is 1. The molecule has 0 spiro atoms. The summed E-state index contributed by atoms with van der Waals surface area (Å²) < 4.78 is 29.5. The van der Waals surface area contributed by atoms with Gasteiger partial charge in [0.15, 0.2) is 16.0 Å². The first-order valence-corrected chi connectivity index (χ1v) is 11.6. The third-order valence-electron chi connectivity index (χ3n) is 5.53. The van der Waals surface area contributed by atoms with Crippen LogP contribution in [0.4, 0.5) is 11.5 Å². The van der Waals surface area contributed by atoms with Gasteiger partial charge in [0.05, 0.1) is 17.6 Å². The predicted molar refractivity (Wildman–Crippen MR) is 109 cm³/mol. The largest absolute Gasteiger partial charge is 0.373 e. The van der Waals surface area contributed by atoms with Gasteiger partial charge in [-0.1, -0.05) is 6.07 Å². The van der Waals surface area contributed by atoms with Crippen LogP contribution in [0.5, 0.6) is 0 Å². The van der Waals surface area contributed by atoms with Crippen molar-refractivity contribution in [1.29, 1.82) is 5.26 Å². The van der Waals surface area contributed by atoms with Crippen molar-refractivity contribution >= 4 is 21.3 Å². The van der Waals surface area contributed by atoms with E-state index in [9.17, 15) is 8.42 Å². The molecule has 1 fully saturated rings. The lowest BCUT2D eigenvalue weighted by Gasteiger charge is -2.28. The number of nitrogens with zero attached hydrogens (tertiary/aromatic N) is 4. The molecule has 29 heavy (non-hydrogen) atoms. The third kappa shape index (κ3) is 4.36. The van der Waals surface area contributed by atoms with E-state index in [2.05, 4.69) is 16.1 Å². The van der Waals surface area contributed by atoms with Gasteiger partial charge in [0.2, 0.25) is 0 Å². The average Bonchev–Trinajstić information content (AvgIpc) is 3.16. The fraction of sp³-hybridized carbons (Fsp3) is 0.429. The van der Waals surface area contributed by atoms with E-state index in [1.807, 2.05) is 24.4 Å². The number of benzene rings is 1. The maximum absolute atomic E-state index is 11.8. The summed E-state index contributed by atoms with van der Waals surface area (Å²) in [6.07, 6.45) is 7.99. The number of piperidine rings is 1. The van der Waals surface area contributed by atoms with Crippen molar-refractivity contribution in [2.45, 2.75) is 36.9 Å². The highest BCUT2D eigenvalue weighted by Crippen LogP contribution is 2.34. The smallest absolute Gasteiger partial charge is 0.179 e. The Labute approximate surface area is 171 Å². The Hall–Kier alpha value is -2.63. The molecule has 0 atom stereocenters. The maximum atomic E-state index is 11.8. The number of aromatic nitrogens is 1. The zero-order valence-corrected chi connectivity index (χ0v) is 17.2. The van der Waals surface area contributed by atoms with Gasteiger partial charge in [-0.15, -0.1) is 0 Å². The van der Waals surface area contributed by atoms with Gasteiger partial charge in [-0.05, 0) is 54.7 Å². The molecule has 1 aromatic heterocycles. The van der Waals surface area contributed by atoms with Crippen LogP contribution in [0, 0.1) is 11.5 Å². The van der Waals surface area contributed by atoms with Crippen LogP contribution in [0.1, 0.15) is 24.0 Å². The van der Waals surface area contributed by atoms with Gasteiger partial charge < -0.3 is 14.5 Å². The standard InChI is InChI=1S/C21H24N4O3S/c1-29(26,27)19-3-4-20-17(12-19)6-11-25(20)21-5-2-16(13-23-21)14-28-18-7-9-24(15-22)10-8-18/h2-5,12-13,18H,6-11,14H2,1H3. The van der Waals surface area contributed by atoms with Crippen molar-refractivity contribution in [3.05, 3.63) is 47.7 Å². The molecule has 1 saturated heterocycles. The van der Waals surface area contributed by atoms with Crippen LogP contribution in [0.15, 0.2) is 41.4 Å². The van der Waals surface area contributed by atoms with Crippen molar-refractivity contribution in [2.75, 3.05) is 30.8 Å². The second kappa shape index (κ2) is 8.01. The summed E-state index contributed by atoms with van der Waals surface area (Å²) in [5.74, 6) is 0.849. The SMILES string of the molecule is CS(=O)(=O)c1ccc2c(c1)CCN2c1ccc(COC2CCN(C#N)CC2)cn1. The number of hydrogen-bond donors (Lipinski definition) is 0. The predicted octanol–water partition coefficient (Wildman–Crippen LogP) is 2.64. The number of pyridine rings is 1. The molecule has 0 N–H and O–H groups in total. The molecule has 7 nitrogen and oxygen atoms in total. The summed E-state index contributed by atoms with van der Waals surface area (Å²) in [7, 11) is -3.20. The molecule has 2 aliphatic rings. The Bertz CT molecular complexity index is 1020. The Kier molecular flexibility index (Phi) is 5.43. The van der Waals surface area contributed by atoms with Crippen molar-refractivity contribution in [3.63, 3.8) is 0 Å². The number of ether oxygens (including phenoxy) is 1. The molecule has 152 valence electrons. The summed E-state index contributed by atoms with van der Waals surface area (Å²) in [6.45, 7) is 2.81. The summed E-state index contributed by atoms with van der Waals surface area (Å²) >= 11 is 0. The molecule has 0 radical (unpaired) electrons. The third-order valence-corrected chi connectivity index (χ3v) is 6.64. The van der Waals surface area contributed by atoms with Crippen molar-refractivity contribution < 1.29 is 13.2 Å². The van der Waals surface area contributed by atoms with Gasteiger partial charge in [0, 0.05) is 37.8 Å². The van der Waals surface area contributed by atoms with E-state index in [1.54, 1.807) is 17.0 Å². The second-order valence-corrected chi connectivity index (χ2v) is 9.60. The van der Waals surface area contributed by atoms with Gasteiger partial charge in [0.1, 0.15) is 5.82 Å². The van der Waals surface area contributed by atoms with Crippen molar-refractivity contribution in [1.82, 2.24) is 9.88 Å². The zero-order valence-electron chi connectivity index (χ0n) is 16.4. The second-order valence-electron chi connectivity index (χ2n) is 7.59. The van der Waals surface area contributed by atoms with Gasteiger partial charge >= 0.3 is 0 Å². The number of rotatable bonds is 5. The number of fused-ring (bicyclic) bond motifs is 1. The highest BCUT2D eigenvalue weighted by atomic mass is 32.2. The van der Waals surface area contributed by atoms with Gasteiger partial charge in [-0.2, -0.15) is 5.26 Å². The highest BCUT2D eigenvalue weighted by molar-refractivity contribution is 7.90. The van der Waals surface area contributed by atoms with E-state index in [0.717, 1.165) is 61.5 Å². The van der Waals surface area contributed by atoms with E-state index in [-0.39, 0.29) is 6.10 Å². The van der Waals surface area contributed by atoms with Crippen LogP contribution in [0.3, 0.4) is 0 Å². The first-order valence-electron chi connectivity index (χ1n) is 9.76. The Balaban J connectivity index is 1.39. The molecule has 0 saturated carbocycles. The lowest BCUT2D eigenvalue weighted by atomic mass is 10.1. The molecule has 3 heterocycles. The summed E-state index contributed by atoms with van der Waals surface area (Å²) in [5.41, 5.74) is 3.06. The quantitative estimate of drug-likeness (QED) is 0.698. The molecule has 2 aromatic rings. The fourth-order valence-corrected chi connectivity index (χ4v) is 4.52. The molecule has 0 bridgehead atoms. The first kappa shape index (κ1) is 19.7. The minimum Gasteiger partial charge on any atom is -0.373 e. The van der Waals surface area contributed by atoms with E-state index in [0.29, 0.717) is 11.5 Å². The Morgan fingerprint density at radius 2 is 2.00 bits per heavy atom. The first-order chi connectivity index (χ1) is 13.9.